The molecule has 1 N–H and O–H groups in total. The van der Waals surface area contributed by atoms with E-state index in [2.05, 4.69) is 34.8 Å². The molecule has 1 aromatic carbocycles. The monoisotopic (exact) mass is 263 g/mol. The quantitative estimate of drug-likeness (QED) is 0.918. The minimum atomic E-state index is 0.755. The van der Waals surface area contributed by atoms with Gasteiger partial charge >= 0.3 is 0 Å². The predicted molar refractivity (Wildman–Crippen MR) is 75.4 cm³/mol. The molecule has 0 aliphatic rings. The van der Waals surface area contributed by atoms with Crippen LogP contribution < -0.4 is 5.32 Å². The highest BCUT2D eigenvalue weighted by molar-refractivity contribution is 6.32. The maximum absolute atomic E-state index is 6.35. The number of hydrogen-bond donors (Lipinski definition) is 1. The normalized spacial score (nSPS) is 10.9. The molecule has 0 fully saturated rings. The lowest BCUT2D eigenvalue weighted by Gasteiger charge is -2.14. The van der Waals surface area contributed by atoms with Crippen molar-refractivity contribution in [3.63, 3.8) is 0 Å². The van der Waals surface area contributed by atoms with Crippen LogP contribution in [0, 0.1) is 13.8 Å². The topological polar surface area (TPSA) is 29.9 Å². The number of nitrogens with zero attached hydrogens (tertiary/aromatic N) is 2. The molecule has 2 aromatic rings. The molecule has 2 rings (SSSR count). The molecule has 0 aliphatic carbocycles. The zero-order chi connectivity index (χ0) is 13.1. The summed E-state index contributed by atoms with van der Waals surface area (Å²) in [5.74, 6) is 0. The number of aryl methyl sites for hydroxylation is 1. The highest BCUT2D eigenvalue weighted by Crippen LogP contribution is 2.26. The number of rotatable bonds is 4. The Labute approximate surface area is 113 Å². The minimum absolute atomic E-state index is 0.755. The molecular formula is C14H18ClN3. The van der Waals surface area contributed by atoms with Crippen molar-refractivity contribution in [2.45, 2.75) is 27.3 Å². The Hall–Kier alpha value is -1.32. The summed E-state index contributed by atoms with van der Waals surface area (Å²) in [6, 6.07) is 6.00. The van der Waals surface area contributed by atoms with Crippen LogP contribution in [0.5, 0.6) is 0 Å². The van der Waals surface area contributed by atoms with Crippen molar-refractivity contribution in [1.29, 1.82) is 0 Å². The molecule has 1 aromatic heterocycles. The van der Waals surface area contributed by atoms with Crippen molar-refractivity contribution >= 4 is 11.6 Å². The van der Waals surface area contributed by atoms with E-state index >= 15 is 0 Å². The van der Waals surface area contributed by atoms with Crippen molar-refractivity contribution in [1.82, 2.24) is 14.9 Å². The van der Waals surface area contributed by atoms with Crippen molar-refractivity contribution in [3.05, 3.63) is 46.5 Å². The molecule has 0 amide bonds. The van der Waals surface area contributed by atoms with Crippen LogP contribution in [0.4, 0.5) is 0 Å². The van der Waals surface area contributed by atoms with Gasteiger partial charge in [0.1, 0.15) is 0 Å². The molecule has 96 valence electrons. The first-order valence-electron chi connectivity index (χ1n) is 6.14. The Morgan fingerprint density at radius 1 is 1.33 bits per heavy atom. The molecule has 0 saturated heterocycles. The second-order valence-corrected chi connectivity index (χ2v) is 4.72. The van der Waals surface area contributed by atoms with Crippen LogP contribution in [0.25, 0.3) is 5.69 Å². The van der Waals surface area contributed by atoms with E-state index in [1.807, 2.05) is 25.4 Å². The van der Waals surface area contributed by atoms with Crippen molar-refractivity contribution in [2.24, 2.45) is 0 Å². The van der Waals surface area contributed by atoms with Crippen LogP contribution in [-0.2, 0) is 6.54 Å². The summed E-state index contributed by atoms with van der Waals surface area (Å²) < 4.78 is 2.06. The number of hydrogen-bond acceptors (Lipinski definition) is 2. The predicted octanol–water partition coefficient (Wildman–Crippen LogP) is 3.25. The van der Waals surface area contributed by atoms with E-state index in [1.54, 1.807) is 0 Å². The third-order valence-corrected chi connectivity index (χ3v) is 3.43. The van der Waals surface area contributed by atoms with Gasteiger partial charge in [-0.25, -0.2) is 4.98 Å². The summed E-state index contributed by atoms with van der Waals surface area (Å²) in [7, 11) is 0. The molecule has 4 heteroatoms. The van der Waals surface area contributed by atoms with Crippen LogP contribution >= 0.6 is 11.6 Å². The fourth-order valence-corrected chi connectivity index (χ4v) is 2.24. The Morgan fingerprint density at radius 3 is 2.72 bits per heavy atom. The molecule has 0 aliphatic heterocycles. The first-order valence-corrected chi connectivity index (χ1v) is 6.52. The zero-order valence-electron chi connectivity index (χ0n) is 11.0. The van der Waals surface area contributed by atoms with E-state index in [4.69, 9.17) is 11.6 Å². The second-order valence-electron chi connectivity index (χ2n) is 4.31. The number of aromatic nitrogens is 2. The Bertz CT molecular complexity index is 546. The van der Waals surface area contributed by atoms with Gasteiger partial charge in [0.2, 0.25) is 0 Å². The fraction of sp³-hybridized carbons (Fsp3) is 0.357. The van der Waals surface area contributed by atoms with E-state index in [0.717, 1.165) is 35.2 Å². The summed E-state index contributed by atoms with van der Waals surface area (Å²) >= 11 is 6.35. The van der Waals surface area contributed by atoms with Gasteiger partial charge in [0.15, 0.2) is 0 Å². The lowest BCUT2D eigenvalue weighted by molar-refractivity contribution is 0.721. The first kappa shape index (κ1) is 13.1. The maximum Gasteiger partial charge on any atom is 0.0998 e. The van der Waals surface area contributed by atoms with Crippen LogP contribution in [0.3, 0.4) is 0 Å². The maximum atomic E-state index is 6.35. The van der Waals surface area contributed by atoms with Gasteiger partial charge in [-0.3, -0.25) is 0 Å². The average molecular weight is 264 g/mol. The van der Waals surface area contributed by atoms with Gasteiger partial charge in [0, 0.05) is 12.2 Å². The van der Waals surface area contributed by atoms with E-state index in [9.17, 15) is 0 Å². The molecule has 0 saturated carbocycles. The van der Waals surface area contributed by atoms with Crippen LogP contribution in [0.2, 0.25) is 5.02 Å². The Morgan fingerprint density at radius 2 is 2.11 bits per heavy atom. The second kappa shape index (κ2) is 5.55. The van der Waals surface area contributed by atoms with E-state index in [-0.39, 0.29) is 0 Å². The van der Waals surface area contributed by atoms with Gasteiger partial charge in [-0.2, -0.15) is 0 Å². The smallest absolute Gasteiger partial charge is 0.0998 e. The standard InChI is InChI=1S/C14H18ClN3/c1-4-16-8-12-6-5-7-13(15)14(12)18-9-17-10(2)11(18)3/h5-7,9,16H,4,8H2,1-3H3. The average Bonchev–Trinajstić information content (AvgIpc) is 2.68. The fourth-order valence-electron chi connectivity index (χ4n) is 1.96. The van der Waals surface area contributed by atoms with Gasteiger partial charge in [0.25, 0.3) is 0 Å². The molecule has 0 spiro atoms. The zero-order valence-corrected chi connectivity index (χ0v) is 11.8. The lowest BCUT2D eigenvalue weighted by Crippen LogP contribution is -2.14. The van der Waals surface area contributed by atoms with Crippen LogP contribution in [0.1, 0.15) is 23.9 Å². The Balaban J connectivity index is 2.51. The molecular weight excluding hydrogens is 246 g/mol. The molecule has 3 nitrogen and oxygen atoms in total. The number of imidazole rings is 1. The van der Waals surface area contributed by atoms with Crippen molar-refractivity contribution in [3.8, 4) is 5.69 Å². The van der Waals surface area contributed by atoms with E-state index in [1.165, 1.54) is 5.56 Å². The third kappa shape index (κ3) is 2.42. The van der Waals surface area contributed by atoms with Crippen molar-refractivity contribution in [2.75, 3.05) is 6.54 Å². The van der Waals surface area contributed by atoms with Gasteiger partial charge < -0.3 is 9.88 Å². The largest absolute Gasteiger partial charge is 0.313 e. The third-order valence-electron chi connectivity index (χ3n) is 3.13. The summed E-state index contributed by atoms with van der Waals surface area (Å²) in [5.41, 5.74) is 4.37. The van der Waals surface area contributed by atoms with Gasteiger partial charge in [-0.15, -0.1) is 0 Å². The molecule has 0 unspecified atom stereocenters. The Kier molecular flexibility index (Phi) is 4.04. The number of para-hydroxylation sites is 1. The molecule has 0 radical (unpaired) electrons. The molecule has 0 bridgehead atoms. The lowest BCUT2D eigenvalue weighted by atomic mass is 10.1. The number of nitrogens with one attached hydrogen (secondary N) is 1. The highest BCUT2D eigenvalue weighted by Gasteiger charge is 2.12. The molecule has 0 atom stereocenters. The van der Waals surface area contributed by atoms with Crippen molar-refractivity contribution < 1.29 is 0 Å². The highest BCUT2D eigenvalue weighted by atomic mass is 35.5. The summed E-state index contributed by atoms with van der Waals surface area (Å²) in [5, 5.41) is 4.09. The van der Waals surface area contributed by atoms with Gasteiger partial charge in [0.05, 0.1) is 22.7 Å². The molecule has 1 heterocycles. The van der Waals surface area contributed by atoms with Gasteiger partial charge in [-0.05, 0) is 32.0 Å². The van der Waals surface area contributed by atoms with E-state index < -0.39 is 0 Å². The summed E-state index contributed by atoms with van der Waals surface area (Å²) in [6.07, 6.45) is 1.83. The molecule has 18 heavy (non-hydrogen) atoms. The minimum Gasteiger partial charge on any atom is -0.313 e. The van der Waals surface area contributed by atoms with Gasteiger partial charge in [-0.1, -0.05) is 30.7 Å². The summed E-state index contributed by atoms with van der Waals surface area (Å²) in [6.45, 7) is 7.91. The number of benzene rings is 1. The van der Waals surface area contributed by atoms with Crippen LogP contribution in [-0.4, -0.2) is 16.1 Å². The van der Waals surface area contributed by atoms with Crippen LogP contribution in [0.15, 0.2) is 24.5 Å². The SMILES string of the molecule is CCNCc1cccc(Cl)c1-n1cnc(C)c1C. The first-order chi connectivity index (χ1) is 8.65. The van der Waals surface area contributed by atoms with E-state index in [0.29, 0.717) is 0 Å². The number of halogens is 1. The summed E-state index contributed by atoms with van der Waals surface area (Å²) in [4.78, 5) is 4.34.